The first-order valence-corrected chi connectivity index (χ1v) is 16.6. The number of carbonyl (C=O) groups is 3. The molecule has 4 unspecified atom stereocenters. The van der Waals surface area contributed by atoms with Gasteiger partial charge in [0.05, 0.1) is 22.9 Å². The number of aromatic hydroxyl groups is 1. The number of ether oxygens (including phenoxy) is 5. The van der Waals surface area contributed by atoms with Gasteiger partial charge in [-0.2, -0.15) is 0 Å². The normalized spacial score (nSPS) is 34.8. The van der Waals surface area contributed by atoms with Gasteiger partial charge in [0.25, 0.3) is 6.47 Å². The third kappa shape index (κ3) is 4.45. The van der Waals surface area contributed by atoms with Crippen molar-refractivity contribution in [2.45, 2.75) is 122 Å². The maximum absolute atomic E-state index is 14.8. The van der Waals surface area contributed by atoms with Crippen molar-refractivity contribution in [1.82, 2.24) is 0 Å². The number of Topliss-reactive ketones (excluding diaryl/α,β-unsaturated/α-hetero) is 2. The van der Waals surface area contributed by atoms with Crippen molar-refractivity contribution < 1.29 is 43.2 Å². The molecule has 0 aromatic heterocycles. The van der Waals surface area contributed by atoms with E-state index in [2.05, 4.69) is 19.9 Å². The van der Waals surface area contributed by atoms with E-state index in [1.165, 1.54) is 5.57 Å². The molecule has 9 nitrogen and oxygen atoms in total. The van der Waals surface area contributed by atoms with Crippen LogP contribution in [-0.4, -0.2) is 57.3 Å². The number of ketones is 2. The second kappa shape index (κ2) is 10.2. The predicted molar refractivity (Wildman–Crippen MR) is 173 cm³/mol. The minimum atomic E-state index is -1.56. The molecule has 4 heterocycles. The first kappa shape index (κ1) is 31.9. The van der Waals surface area contributed by atoms with Crippen LogP contribution in [0.25, 0.3) is 6.08 Å². The van der Waals surface area contributed by atoms with Crippen molar-refractivity contribution in [3.05, 3.63) is 57.9 Å². The monoisotopic (exact) mass is 644 g/mol. The summed E-state index contributed by atoms with van der Waals surface area (Å²) in [7, 11) is 0. The lowest BCUT2D eigenvalue weighted by atomic mass is 9.51. The van der Waals surface area contributed by atoms with Gasteiger partial charge in [-0.25, -0.2) is 0 Å². The van der Waals surface area contributed by atoms with Crippen molar-refractivity contribution in [2.75, 3.05) is 0 Å². The molecule has 8 rings (SSSR count). The Morgan fingerprint density at radius 2 is 1.77 bits per heavy atom. The third-order valence-electron chi connectivity index (χ3n) is 11.2. The van der Waals surface area contributed by atoms with E-state index in [0.717, 1.165) is 6.42 Å². The lowest BCUT2D eigenvalue weighted by Crippen LogP contribution is -2.72. The van der Waals surface area contributed by atoms with Gasteiger partial charge in [0.1, 0.15) is 34.2 Å². The van der Waals surface area contributed by atoms with E-state index in [1.54, 1.807) is 19.1 Å². The Labute approximate surface area is 275 Å². The molecule has 4 bridgehead atoms. The summed E-state index contributed by atoms with van der Waals surface area (Å²) in [4.78, 5) is 40.3. The Balaban J connectivity index is 1.43. The fourth-order valence-electron chi connectivity index (χ4n) is 8.70. The fraction of sp³-hybridized carbons (Fsp3) is 0.553. The summed E-state index contributed by atoms with van der Waals surface area (Å²) in [6, 6.07) is 0. The van der Waals surface area contributed by atoms with Crippen molar-refractivity contribution in [3.63, 3.8) is 0 Å². The molecule has 2 saturated heterocycles. The highest BCUT2D eigenvalue weighted by Crippen LogP contribution is 2.69. The number of rotatable bonds is 9. The van der Waals surface area contributed by atoms with E-state index in [4.69, 9.17) is 23.7 Å². The zero-order valence-corrected chi connectivity index (χ0v) is 28.4. The highest BCUT2D eigenvalue weighted by Gasteiger charge is 2.81. The standard InChI is InChI=1S/C38H44O9/c1-20(2)10-9-13-36(8)14-12-23-29(40)28-30(41)25-16-22-17-26-34(4,5)47-37(33(22)42,15-11-21(3)43-19-39)38(25,26)46-32(28)24(31(23)45-36)18-27-35(6,7)44-27/h10-12,14,16,19,22,26-27,40H,9,13,15,17-18H2,1-8H3/b21-11-/t22?,26?,27?,36-,37?,38+/m0/s1. The highest BCUT2D eigenvalue weighted by molar-refractivity contribution is 6.19. The number of phenolic OH excluding ortho intramolecular Hbond substituents is 1. The van der Waals surface area contributed by atoms with E-state index < -0.39 is 28.3 Å². The van der Waals surface area contributed by atoms with Gasteiger partial charge in [-0.1, -0.05) is 17.7 Å². The Morgan fingerprint density at radius 3 is 2.43 bits per heavy atom. The Bertz CT molecular complexity index is 1740. The molecule has 250 valence electrons. The first-order chi connectivity index (χ1) is 22.0. The van der Waals surface area contributed by atoms with E-state index >= 15 is 0 Å². The van der Waals surface area contributed by atoms with Crippen LogP contribution >= 0.6 is 0 Å². The fourth-order valence-corrected chi connectivity index (χ4v) is 8.70. The summed E-state index contributed by atoms with van der Waals surface area (Å²) in [6.45, 7) is 16.0. The number of hydrogen-bond donors (Lipinski definition) is 1. The molecule has 47 heavy (non-hydrogen) atoms. The quantitative estimate of drug-likeness (QED) is 0.139. The summed E-state index contributed by atoms with van der Waals surface area (Å²) < 4.78 is 31.9. The Kier molecular flexibility index (Phi) is 6.89. The van der Waals surface area contributed by atoms with E-state index in [1.807, 2.05) is 46.8 Å². The van der Waals surface area contributed by atoms with Crippen molar-refractivity contribution in [2.24, 2.45) is 11.8 Å². The van der Waals surface area contributed by atoms with Crippen LogP contribution in [0, 0.1) is 11.8 Å². The highest BCUT2D eigenvalue weighted by atomic mass is 16.6. The number of fused-ring (bicyclic) bond motifs is 2. The zero-order chi connectivity index (χ0) is 33.9. The van der Waals surface area contributed by atoms with Crippen LogP contribution in [0.1, 0.15) is 103 Å². The summed E-state index contributed by atoms with van der Waals surface area (Å²) >= 11 is 0. The van der Waals surface area contributed by atoms with Gasteiger partial charge < -0.3 is 28.8 Å². The molecular formula is C38H44O9. The molecule has 1 aromatic carbocycles. The summed E-state index contributed by atoms with van der Waals surface area (Å²) in [6.07, 6.45) is 11.5. The molecule has 1 spiro atoms. The van der Waals surface area contributed by atoms with Crippen LogP contribution in [0.4, 0.5) is 0 Å². The van der Waals surface area contributed by atoms with Crippen molar-refractivity contribution in [3.8, 4) is 17.2 Å². The van der Waals surface area contributed by atoms with E-state index in [9.17, 15) is 19.5 Å². The maximum Gasteiger partial charge on any atom is 0.298 e. The first-order valence-electron chi connectivity index (χ1n) is 16.6. The lowest BCUT2D eigenvalue weighted by Gasteiger charge is -2.56. The van der Waals surface area contributed by atoms with E-state index in [-0.39, 0.29) is 52.7 Å². The lowest BCUT2D eigenvalue weighted by molar-refractivity contribution is -0.171. The predicted octanol–water partition coefficient (Wildman–Crippen LogP) is 6.50. The molecule has 1 saturated carbocycles. The molecule has 7 aliphatic rings. The smallest absolute Gasteiger partial charge is 0.298 e. The largest absolute Gasteiger partial charge is 0.506 e. The summed E-state index contributed by atoms with van der Waals surface area (Å²) in [5.41, 5.74) is -2.26. The molecule has 4 aliphatic heterocycles. The second-order valence-corrected chi connectivity index (χ2v) is 15.5. The number of hydrogen-bond acceptors (Lipinski definition) is 9. The van der Waals surface area contributed by atoms with Crippen LogP contribution in [0.2, 0.25) is 0 Å². The maximum atomic E-state index is 14.8. The minimum Gasteiger partial charge on any atom is -0.506 e. The molecule has 1 aromatic rings. The van der Waals surface area contributed by atoms with Gasteiger partial charge in [0.2, 0.25) is 0 Å². The molecule has 3 aliphatic carbocycles. The SMILES string of the molecule is CC(C)=CCC[C@@]1(C)C=Cc2c(O)c3c(c(CC4OC4(C)C)c2O1)O[C@]12C(=CC4CC1C(C)(C)OC2(C/C=C(/C)OC=O)C4=O)C3=O. The van der Waals surface area contributed by atoms with Gasteiger partial charge in [-0.3, -0.25) is 14.4 Å². The molecule has 9 heteroatoms. The number of benzene rings is 1. The number of epoxide rings is 1. The molecule has 6 atom stereocenters. The van der Waals surface area contributed by atoms with Gasteiger partial charge >= 0.3 is 0 Å². The van der Waals surface area contributed by atoms with Crippen LogP contribution in [0.5, 0.6) is 17.2 Å². The van der Waals surface area contributed by atoms with Gasteiger partial charge in [-0.05, 0) is 92.9 Å². The molecule has 0 amide bonds. The van der Waals surface area contributed by atoms with Crippen molar-refractivity contribution in [1.29, 1.82) is 0 Å². The topological polar surface area (TPSA) is 121 Å². The molecular weight excluding hydrogens is 600 g/mol. The zero-order valence-electron chi connectivity index (χ0n) is 28.4. The van der Waals surface area contributed by atoms with E-state index in [0.29, 0.717) is 53.9 Å². The van der Waals surface area contributed by atoms with Crippen LogP contribution in [-0.2, 0) is 30.2 Å². The Morgan fingerprint density at radius 1 is 1.04 bits per heavy atom. The second-order valence-electron chi connectivity index (χ2n) is 15.5. The number of carbonyl (C=O) groups excluding carboxylic acids is 3. The van der Waals surface area contributed by atoms with Crippen molar-refractivity contribution >= 4 is 24.1 Å². The van der Waals surface area contributed by atoms with Gasteiger partial charge in [-0.15, -0.1) is 0 Å². The summed E-state index contributed by atoms with van der Waals surface area (Å²) in [5, 5.41) is 11.8. The molecule has 3 fully saturated rings. The molecule has 1 N–H and O–H groups in total. The van der Waals surface area contributed by atoms with Gasteiger partial charge in [0, 0.05) is 35.8 Å². The number of allylic oxidation sites excluding steroid dienone is 4. The van der Waals surface area contributed by atoms with Crippen LogP contribution in [0.3, 0.4) is 0 Å². The minimum absolute atomic E-state index is 0.0363. The van der Waals surface area contributed by atoms with Crippen LogP contribution in [0.15, 0.2) is 41.2 Å². The molecule has 0 radical (unpaired) electrons. The van der Waals surface area contributed by atoms with Gasteiger partial charge in [0.15, 0.2) is 22.8 Å². The Hall–Kier alpha value is -3.69. The third-order valence-corrected chi connectivity index (χ3v) is 11.2. The number of phenols is 1. The average molecular weight is 645 g/mol. The van der Waals surface area contributed by atoms with Crippen LogP contribution < -0.4 is 9.47 Å². The summed E-state index contributed by atoms with van der Waals surface area (Å²) in [5.74, 6) is -0.691. The average Bonchev–Trinajstić information content (AvgIpc) is 3.55.